The Hall–Kier alpha value is -1.10. The van der Waals surface area contributed by atoms with Crippen LogP contribution >= 0.6 is 0 Å². The van der Waals surface area contributed by atoms with Crippen molar-refractivity contribution in [2.75, 3.05) is 13.1 Å². The van der Waals surface area contributed by atoms with Gasteiger partial charge < -0.3 is 10.4 Å². The fourth-order valence-corrected chi connectivity index (χ4v) is 1.57. The molecule has 0 heterocycles. The van der Waals surface area contributed by atoms with E-state index in [1.165, 1.54) is 0 Å². The number of hydrogen-bond acceptors (Lipinski definition) is 3. The van der Waals surface area contributed by atoms with Crippen LogP contribution in [0.5, 0.6) is 0 Å². The number of carbonyl (C=O) groups excluding carboxylic acids is 1. The van der Waals surface area contributed by atoms with Crippen LogP contribution in [0.2, 0.25) is 0 Å². The third-order valence-corrected chi connectivity index (χ3v) is 2.26. The van der Waals surface area contributed by atoms with E-state index in [1.54, 1.807) is 4.90 Å². The molecule has 1 aliphatic rings. The number of carbonyl (C=O) groups is 2. The number of carboxylic acids is 1. The quantitative estimate of drug-likeness (QED) is 0.717. The average Bonchev–Trinajstić information content (AvgIpc) is 2.78. The van der Waals surface area contributed by atoms with Gasteiger partial charge in [-0.15, -0.1) is 0 Å². The van der Waals surface area contributed by atoms with E-state index in [2.05, 4.69) is 5.32 Å². The summed E-state index contributed by atoms with van der Waals surface area (Å²) in [6, 6.07) is 0.279. The maximum atomic E-state index is 11.6. The summed E-state index contributed by atoms with van der Waals surface area (Å²) in [6.07, 6.45) is 1.99. The van der Waals surface area contributed by atoms with Gasteiger partial charge in [0.25, 0.3) is 0 Å². The lowest BCUT2D eigenvalue weighted by atomic mass is 10.1. The molecule has 1 amide bonds. The van der Waals surface area contributed by atoms with E-state index in [1.807, 2.05) is 20.8 Å². The van der Waals surface area contributed by atoms with Crippen molar-refractivity contribution >= 4 is 11.9 Å². The maximum Gasteiger partial charge on any atom is 0.317 e. The number of rotatable bonds is 5. The second-order valence-corrected chi connectivity index (χ2v) is 5.33. The third-order valence-electron chi connectivity index (χ3n) is 2.26. The van der Waals surface area contributed by atoms with Crippen LogP contribution in [0, 0.1) is 0 Å². The van der Waals surface area contributed by atoms with Crippen molar-refractivity contribution in [1.82, 2.24) is 10.2 Å². The van der Waals surface area contributed by atoms with Gasteiger partial charge in [0, 0.05) is 11.6 Å². The number of carboxylic acid groups (broad SMARTS) is 1. The largest absolute Gasteiger partial charge is 0.480 e. The minimum absolute atomic E-state index is 0.0533. The molecule has 1 fully saturated rings. The number of aliphatic carboxylic acids is 1. The molecular formula is C11H20N2O3. The van der Waals surface area contributed by atoms with Gasteiger partial charge in [0.05, 0.1) is 13.1 Å². The number of nitrogens with zero attached hydrogens (tertiary/aromatic N) is 1. The molecule has 0 aromatic rings. The van der Waals surface area contributed by atoms with Crippen molar-refractivity contribution in [3.63, 3.8) is 0 Å². The standard InChI is InChI=1S/C11H20N2O3/c1-11(2,3)12-9(14)6-13(7-10(15)16)8-4-5-8/h8H,4-7H2,1-3H3,(H,12,14)(H,15,16). The lowest BCUT2D eigenvalue weighted by Crippen LogP contribution is -2.47. The molecule has 0 unspecified atom stereocenters. The third kappa shape index (κ3) is 5.11. The van der Waals surface area contributed by atoms with E-state index in [0.717, 1.165) is 12.8 Å². The molecule has 16 heavy (non-hydrogen) atoms. The Morgan fingerprint density at radius 1 is 1.31 bits per heavy atom. The summed E-state index contributed by atoms with van der Waals surface area (Å²) in [4.78, 5) is 24.0. The zero-order valence-corrected chi connectivity index (χ0v) is 10.1. The number of hydrogen-bond donors (Lipinski definition) is 2. The fraction of sp³-hybridized carbons (Fsp3) is 0.818. The van der Waals surface area contributed by atoms with E-state index in [9.17, 15) is 9.59 Å². The van der Waals surface area contributed by atoms with Crippen LogP contribution < -0.4 is 5.32 Å². The Kier molecular flexibility index (Phi) is 3.91. The molecule has 0 saturated heterocycles. The Bertz CT molecular complexity index is 279. The second-order valence-electron chi connectivity index (χ2n) is 5.33. The summed E-state index contributed by atoms with van der Waals surface area (Å²) in [5.41, 5.74) is -0.268. The predicted octanol–water partition coefficient (Wildman–Crippen LogP) is 0.450. The first-order chi connectivity index (χ1) is 7.28. The maximum absolute atomic E-state index is 11.6. The van der Waals surface area contributed by atoms with Crippen molar-refractivity contribution in [2.24, 2.45) is 0 Å². The minimum atomic E-state index is -0.879. The minimum Gasteiger partial charge on any atom is -0.480 e. The fourth-order valence-electron chi connectivity index (χ4n) is 1.57. The highest BCUT2D eigenvalue weighted by atomic mass is 16.4. The summed E-state index contributed by atoms with van der Waals surface area (Å²) in [5, 5.41) is 11.6. The van der Waals surface area contributed by atoms with Gasteiger partial charge in [-0.05, 0) is 33.6 Å². The van der Waals surface area contributed by atoms with E-state index in [-0.39, 0.29) is 30.6 Å². The van der Waals surface area contributed by atoms with Gasteiger partial charge in [0.15, 0.2) is 0 Å². The first-order valence-electron chi connectivity index (χ1n) is 5.55. The monoisotopic (exact) mass is 228 g/mol. The average molecular weight is 228 g/mol. The predicted molar refractivity (Wildman–Crippen MR) is 60.1 cm³/mol. The van der Waals surface area contributed by atoms with Gasteiger partial charge in [-0.3, -0.25) is 14.5 Å². The highest BCUT2D eigenvalue weighted by molar-refractivity contribution is 5.79. The highest BCUT2D eigenvalue weighted by Crippen LogP contribution is 2.26. The van der Waals surface area contributed by atoms with Crippen LogP contribution in [-0.2, 0) is 9.59 Å². The Morgan fingerprint density at radius 3 is 2.25 bits per heavy atom. The lowest BCUT2D eigenvalue weighted by Gasteiger charge is -2.24. The molecule has 5 nitrogen and oxygen atoms in total. The van der Waals surface area contributed by atoms with Crippen LogP contribution in [0.25, 0.3) is 0 Å². The van der Waals surface area contributed by atoms with Crippen molar-refractivity contribution < 1.29 is 14.7 Å². The zero-order valence-electron chi connectivity index (χ0n) is 10.1. The summed E-state index contributed by atoms with van der Waals surface area (Å²) in [5.74, 6) is -0.990. The van der Waals surface area contributed by atoms with E-state index < -0.39 is 5.97 Å². The molecule has 0 aliphatic heterocycles. The summed E-state index contributed by atoms with van der Waals surface area (Å²) in [6.45, 7) is 5.84. The Labute approximate surface area is 95.8 Å². The van der Waals surface area contributed by atoms with E-state index in [4.69, 9.17) is 5.11 Å². The normalized spacial score (nSPS) is 16.2. The highest BCUT2D eigenvalue weighted by Gasteiger charge is 2.32. The van der Waals surface area contributed by atoms with E-state index >= 15 is 0 Å². The summed E-state index contributed by atoms with van der Waals surface area (Å²) < 4.78 is 0. The van der Waals surface area contributed by atoms with Gasteiger partial charge in [-0.25, -0.2) is 0 Å². The van der Waals surface area contributed by atoms with E-state index in [0.29, 0.717) is 0 Å². The van der Waals surface area contributed by atoms with Crippen molar-refractivity contribution in [3.8, 4) is 0 Å². The van der Waals surface area contributed by atoms with Crippen LogP contribution in [0.4, 0.5) is 0 Å². The molecule has 1 aliphatic carbocycles. The summed E-state index contributed by atoms with van der Waals surface area (Å²) in [7, 11) is 0. The zero-order chi connectivity index (χ0) is 12.3. The van der Waals surface area contributed by atoms with Crippen molar-refractivity contribution in [2.45, 2.75) is 45.2 Å². The van der Waals surface area contributed by atoms with Crippen molar-refractivity contribution in [1.29, 1.82) is 0 Å². The van der Waals surface area contributed by atoms with Crippen LogP contribution in [0.3, 0.4) is 0 Å². The molecule has 0 spiro atoms. The molecule has 1 saturated carbocycles. The molecule has 0 aromatic carbocycles. The molecule has 1 rings (SSSR count). The molecule has 0 atom stereocenters. The second kappa shape index (κ2) is 4.82. The molecule has 0 radical (unpaired) electrons. The first kappa shape index (κ1) is 13.0. The molecule has 2 N–H and O–H groups in total. The molecule has 5 heteroatoms. The van der Waals surface area contributed by atoms with Gasteiger partial charge in [-0.2, -0.15) is 0 Å². The first-order valence-corrected chi connectivity index (χ1v) is 5.55. The van der Waals surface area contributed by atoms with Gasteiger partial charge >= 0.3 is 5.97 Å². The van der Waals surface area contributed by atoms with Gasteiger partial charge in [0.1, 0.15) is 0 Å². The van der Waals surface area contributed by atoms with Crippen molar-refractivity contribution in [3.05, 3.63) is 0 Å². The Morgan fingerprint density at radius 2 is 1.88 bits per heavy atom. The molecule has 92 valence electrons. The smallest absolute Gasteiger partial charge is 0.317 e. The Balaban J connectivity index is 2.42. The van der Waals surface area contributed by atoms with Crippen LogP contribution in [0.1, 0.15) is 33.6 Å². The van der Waals surface area contributed by atoms with Crippen LogP contribution in [0.15, 0.2) is 0 Å². The molecule has 0 aromatic heterocycles. The van der Waals surface area contributed by atoms with Crippen LogP contribution in [-0.4, -0.2) is 46.6 Å². The molecule has 0 bridgehead atoms. The number of nitrogens with one attached hydrogen (secondary N) is 1. The topological polar surface area (TPSA) is 69.6 Å². The van der Waals surface area contributed by atoms with Gasteiger partial charge in [-0.1, -0.05) is 0 Å². The lowest BCUT2D eigenvalue weighted by molar-refractivity contribution is -0.139. The van der Waals surface area contributed by atoms with Gasteiger partial charge in [0.2, 0.25) is 5.91 Å². The number of amides is 1. The summed E-state index contributed by atoms with van der Waals surface area (Å²) >= 11 is 0. The molecular weight excluding hydrogens is 208 g/mol. The SMILES string of the molecule is CC(C)(C)NC(=O)CN(CC(=O)O)C1CC1.